The van der Waals surface area contributed by atoms with E-state index in [-0.39, 0.29) is 35.5 Å². The van der Waals surface area contributed by atoms with E-state index in [1.807, 2.05) is 30.3 Å². The smallest absolute Gasteiger partial charge is 0.248 e. The van der Waals surface area contributed by atoms with Crippen molar-refractivity contribution in [3.8, 4) is 5.75 Å². The van der Waals surface area contributed by atoms with E-state index in [1.54, 1.807) is 48.0 Å². The molecule has 2 aromatic carbocycles. The van der Waals surface area contributed by atoms with Crippen molar-refractivity contribution in [2.45, 2.75) is 55.1 Å². The maximum atomic E-state index is 14.2. The monoisotopic (exact) mass is 551 g/mol. The number of para-hydroxylation sites is 1. The van der Waals surface area contributed by atoms with Gasteiger partial charge in [-0.1, -0.05) is 38.0 Å². The molecule has 3 fully saturated rings. The number of aliphatic hydroxyl groups excluding tert-OH is 1. The maximum absolute atomic E-state index is 14.2. The fourth-order valence-corrected chi connectivity index (χ4v) is 9.16. The highest BCUT2D eigenvalue weighted by Crippen LogP contribution is 2.68. The summed E-state index contributed by atoms with van der Waals surface area (Å²) in [5.41, 5.74) is 1.34. The van der Waals surface area contributed by atoms with Gasteiger partial charge in [0.25, 0.3) is 0 Å². The van der Waals surface area contributed by atoms with Crippen molar-refractivity contribution in [1.29, 1.82) is 0 Å². The minimum Gasteiger partial charge on any atom is -0.497 e. The van der Waals surface area contributed by atoms with Gasteiger partial charge in [0.2, 0.25) is 17.7 Å². The van der Waals surface area contributed by atoms with Crippen molar-refractivity contribution in [2.24, 2.45) is 17.8 Å². The highest BCUT2D eigenvalue weighted by atomic mass is 32.2. The van der Waals surface area contributed by atoms with E-state index in [0.29, 0.717) is 23.7 Å². The number of thioether (sulfide) groups is 1. The molecule has 3 aliphatic rings. The van der Waals surface area contributed by atoms with E-state index < -0.39 is 22.6 Å². The normalized spacial score (nSPS) is 28.8. The van der Waals surface area contributed by atoms with Crippen LogP contribution < -0.4 is 15.4 Å². The number of amides is 3. The van der Waals surface area contributed by atoms with Crippen molar-refractivity contribution in [3.63, 3.8) is 0 Å². The van der Waals surface area contributed by atoms with Crippen molar-refractivity contribution >= 4 is 40.9 Å². The largest absolute Gasteiger partial charge is 0.497 e. The van der Waals surface area contributed by atoms with Gasteiger partial charge in [-0.2, -0.15) is 0 Å². The van der Waals surface area contributed by atoms with E-state index in [1.165, 1.54) is 0 Å². The number of ether oxygens (including phenoxy) is 1. The number of aliphatic hydroxyl groups is 1. The molecule has 0 radical (unpaired) electrons. The maximum Gasteiger partial charge on any atom is 0.248 e. The summed E-state index contributed by atoms with van der Waals surface area (Å²) in [5.74, 6) is -0.702. The minimum absolute atomic E-state index is 0.0133. The van der Waals surface area contributed by atoms with Gasteiger partial charge < -0.3 is 25.4 Å². The first-order valence-corrected chi connectivity index (χ1v) is 14.7. The van der Waals surface area contributed by atoms with E-state index in [2.05, 4.69) is 17.6 Å². The van der Waals surface area contributed by atoms with Gasteiger partial charge in [-0.05, 0) is 61.6 Å². The van der Waals surface area contributed by atoms with Crippen LogP contribution in [-0.2, 0) is 14.4 Å². The summed E-state index contributed by atoms with van der Waals surface area (Å²) in [5, 5.41) is 15.2. The Bertz CT molecular complexity index is 1190. The SMILES string of the molecule is COc1ccc(NC(=O)C2N(CCCCCCO)C(=O)[C@@H]3[C@H](C(=O)Nc4ccccc4)[C@@H]4CC(C)C23S4)cc1. The van der Waals surface area contributed by atoms with Gasteiger partial charge >= 0.3 is 0 Å². The first kappa shape index (κ1) is 27.5. The van der Waals surface area contributed by atoms with Crippen LogP contribution in [0.1, 0.15) is 39.0 Å². The van der Waals surface area contributed by atoms with E-state index in [9.17, 15) is 14.4 Å². The molecule has 2 bridgehead atoms. The minimum atomic E-state index is -0.672. The van der Waals surface area contributed by atoms with Crippen LogP contribution in [0.4, 0.5) is 11.4 Å². The molecule has 0 saturated carbocycles. The van der Waals surface area contributed by atoms with Gasteiger partial charge in [-0.15, -0.1) is 11.8 Å². The van der Waals surface area contributed by atoms with Gasteiger partial charge in [-0.3, -0.25) is 14.4 Å². The fraction of sp³-hybridized carbons (Fsp3) is 0.500. The number of anilines is 2. The lowest BCUT2D eigenvalue weighted by Gasteiger charge is -2.38. The Morgan fingerprint density at radius 3 is 2.36 bits per heavy atom. The summed E-state index contributed by atoms with van der Waals surface area (Å²) >= 11 is 1.68. The molecular weight excluding hydrogens is 514 g/mol. The van der Waals surface area contributed by atoms with Gasteiger partial charge in [0.1, 0.15) is 11.8 Å². The second-order valence-electron chi connectivity index (χ2n) is 10.8. The van der Waals surface area contributed by atoms with Gasteiger partial charge in [-0.25, -0.2) is 0 Å². The van der Waals surface area contributed by atoms with Crippen LogP contribution in [0.25, 0.3) is 0 Å². The van der Waals surface area contributed by atoms with Crippen LogP contribution >= 0.6 is 11.8 Å². The van der Waals surface area contributed by atoms with Crippen LogP contribution in [0.5, 0.6) is 5.75 Å². The molecule has 2 aromatic rings. The van der Waals surface area contributed by atoms with Crippen LogP contribution in [0.15, 0.2) is 54.6 Å². The second kappa shape index (κ2) is 11.6. The average Bonchev–Trinajstić information content (AvgIpc) is 3.53. The number of fused-ring (bicyclic) bond motifs is 1. The van der Waals surface area contributed by atoms with E-state index >= 15 is 0 Å². The third-order valence-electron chi connectivity index (χ3n) is 8.50. The highest BCUT2D eigenvalue weighted by Gasteiger charge is 2.75. The summed E-state index contributed by atoms with van der Waals surface area (Å²) < 4.78 is 4.58. The summed E-state index contributed by atoms with van der Waals surface area (Å²) in [6.07, 6.45) is 3.98. The second-order valence-corrected chi connectivity index (χ2v) is 12.3. The zero-order valence-electron chi connectivity index (χ0n) is 22.5. The molecule has 3 saturated heterocycles. The molecule has 39 heavy (non-hydrogen) atoms. The molecule has 3 amide bonds. The predicted molar refractivity (Wildman–Crippen MR) is 153 cm³/mol. The molecule has 1 spiro atoms. The molecule has 208 valence electrons. The zero-order valence-corrected chi connectivity index (χ0v) is 23.3. The van der Waals surface area contributed by atoms with Crippen LogP contribution in [0.2, 0.25) is 0 Å². The Hall–Kier alpha value is -3.04. The topological polar surface area (TPSA) is 108 Å². The predicted octanol–water partition coefficient (Wildman–Crippen LogP) is 4.16. The van der Waals surface area contributed by atoms with Crippen molar-refractivity contribution in [2.75, 3.05) is 30.9 Å². The Labute approximate surface area is 233 Å². The van der Waals surface area contributed by atoms with Crippen LogP contribution in [0.3, 0.4) is 0 Å². The Morgan fingerprint density at radius 2 is 1.67 bits per heavy atom. The molecule has 8 nitrogen and oxygen atoms in total. The summed E-state index contributed by atoms with van der Waals surface area (Å²) in [7, 11) is 1.59. The number of nitrogens with zero attached hydrogens (tertiary/aromatic N) is 1. The molecule has 3 heterocycles. The third-order valence-corrected chi connectivity index (χ3v) is 10.6. The molecule has 3 N–H and O–H groups in total. The molecule has 9 heteroatoms. The van der Waals surface area contributed by atoms with Gasteiger partial charge in [0, 0.05) is 29.8 Å². The molecule has 5 rings (SSSR count). The van der Waals surface area contributed by atoms with E-state index in [4.69, 9.17) is 9.84 Å². The Morgan fingerprint density at radius 1 is 1.00 bits per heavy atom. The molecule has 3 aliphatic heterocycles. The summed E-state index contributed by atoms with van der Waals surface area (Å²) in [6, 6.07) is 15.8. The number of nitrogens with one attached hydrogen (secondary N) is 2. The summed E-state index contributed by atoms with van der Waals surface area (Å²) in [4.78, 5) is 43.5. The lowest BCUT2D eigenvalue weighted by molar-refractivity contribution is -0.138. The lowest BCUT2D eigenvalue weighted by Crippen LogP contribution is -2.54. The van der Waals surface area contributed by atoms with Crippen LogP contribution in [0, 0.1) is 17.8 Å². The fourth-order valence-electron chi connectivity index (χ4n) is 6.74. The molecule has 0 aromatic heterocycles. The highest BCUT2D eigenvalue weighted by molar-refractivity contribution is 8.02. The number of hydrogen-bond donors (Lipinski definition) is 3. The average molecular weight is 552 g/mol. The van der Waals surface area contributed by atoms with Gasteiger partial charge in [0.05, 0.1) is 23.7 Å². The lowest BCUT2D eigenvalue weighted by atomic mass is 9.66. The number of benzene rings is 2. The number of rotatable bonds is 11. The quantitative estimate of drug-likeness (QED) is 0.362. The number of carbonyl (C=O) groups excluding carboxylic acids is 3. The molecular formula is C30H37N3O5S. The van der Waals surface area contributed by atoms with Crippen molar-refractivity contribution in [3.05, 3.63) is 54.6 Å². The number of carbonyl (C=O) groups is 3. The third kappa shape index (κ3) is 5.02. The molecule has 6 atom stereocenters. The first-order valence-electron chi connectivity index (χ1n) is 13.8. The number of unbranched alkanes of at least 4 members (excludes halogenated alkanes) is 3. The number of hydrogen-bond acceptors (Lipinski definition) is 6. The van der Waals surface area contributed by atoms with Crippen molar-refractivity contribution in [1.82, 2.24) is 4.90 Å². The van der Waals surface area contributed by atoms with Crippen LogP contribution in [-0.4, -0.2) is 64.0 Å². The number of methoxy groups -OCH3 is 1. The van der Waals surface area contributed by atoms with Crippen molar-refractivity contribution < 1.29 is 24.2 Å². The van der Waals surface area contributed by atoms with E-state index in [0.717, 1.165) is 32.1 Å². The summed E-state index contributed by atoms with van der Waals surface area (Å²) in [6.45, 7) is 2.72. The zero-order chi connectivity index (χ0) is 27.6. The molecule has 0 aliphatic carbocycles. The first-order chi connectivity index (χ1) is 18.9. The number of likely N-dealkylation sites (tertiary alicyclic amines) is 1. The Kier molecular flexibility index (Phi) is 8.19. The van der Waals surface area contributed by atoms with Gasteiger partial charge in [0.15, 0.2) is 0 Å². The standard InChI is InChI=1S/C30H37N3O5S/c1-19-18-23-24(27(35)31-20-10-6-5-7-11-20)25-29(37)33(16-8-3-4-9-17-34)26(30(19,25)39-23)28(36)32-21-12-14-22(38-2)15-13-21/h5-7,10-15,19,23-26,34H,3-4,8-9,16-18H2,1-2H3,(H,31,35)(H,32,36)/t19?,23-,24+,25-,26?,30?/m0/s1. The molecule has 3 unspecified atom stereocenters. The Balaban J connectivity index is 1.44.